The minimum atomic E-state index is -3.68. The van der Waals surface area contributed by atoms with E-state index in [0.29, 0.717) is 0 Å². The van der Waals surface area contributed by atoms with Gasteiger partial charge in [0.2, 0.25) is 0 Å². The lowest BCUT2D eigenvalue weighted by Crippen LogP contribution is -2.36. The summed E-state index contributed by atoms with van der Waals surface area (Å²) in [6, 6.07) is 7.94. The molecule has 0 aliphatic carbocycles. The molecule has 0 amide bonds. The highest BCUT2D eigenvalue weighted by molar-refractivity contribution is 7.94. The molecule has 1 rings (SSSR count). The van der Waals surface area contributed by atoms with Gasteiger partial charge in [-0.15, -0.1) is 0 Å². The second-order valence-corrected chi connectivity index (χ2v) is 7.82. The first kappa shape index (κ1) is 21.9. The smallest absolute Gasteiger partial charge is 0.320 e. The SMILES string of the molecule is CCOC(=O)C(C(=O)OCC)C(/C=C/S(=O)(=O)c1ccccc1)C(C)C. The summed E-state index contributed by atoms with van der Waals surface area (Å²) in [6.07, 6.45) is 1.38. The molecule has 1 unspecified atom stereocenters. The second kappa shape index (κ2) is 10.1. The van der Waals surface area contributed by atoms with Gasteiger partial charge in [0.05, 0.1) is 18.1 Å². The molecule has 0 saturated carbocycles. The summed E-state index contributed by atoms with van der Waals surface area (Å²) in [4.78, 5) is 24.7. The van der Waals surface area contributed by atoms with E-state index < -0.39 is 33.6 Å². The van der Waals surface area contributed by atoms with Crippen LogP contribution in [-0.4, -0.2) is 33.6 Å². The third-order valence-corrected chi connectivity index (χ3v) is 5.23. The molecule has 0 fully saturated rings. The number of hydrogen-bond acceptors (Lipinski definition) is 6. The number of benzene rings is 1. The van der Waals surface area contributed by atoms with Crippen molar-refractivity contribution >= 4 is 21.8 Å². The number of allylic oxidation sites excluding steroid dienone is 1. The third kappa shape index (κ3) is 5.98. The van der Waals surface area contributed by atoms with E-state index in [1.165, 1.54) is 18.2 Å². The van der Waals surface area contributed by atoms with Gasteiger partial charge in [0, 0.05) is 11.3 Å². The predicted octanol–water partition coefficient (Wildman–Crippen LogP) is 2.99. The highest BCUT2D eigenvalue weighted by Crippen LogP contribution is 2.27. The quantitative estimate of drug-likeness (QED) is 0.482. The Bertz CT molecular complexity index is 704. The summed E-state index contributed by atoms with van der Waals surface area (Å²) in [5.74, 6) is -3.50. The van der Waals surface area contributed by atoms with E-state index in [4.69, 9.17) is 9.47 Å². The minimum Gasteiger partial charge on any atom is -0.465 e. The van der Waals surface area contributed by atoms with Crippen molar-refractivity contribution in [2.75, 3.05) is 13.2 Å². The van der Waals surface area contributed by atoms with Gasteiger partial charge in [0.15, 0.2) is 15.8 Å². The van der Waals surface area contributed by atoms with Crippen LogP contribution >= 0.6 is 0 Å². The first-order valence-corrected chi connectivity index (χ1v) is 10.1. The van der Waals surface area contributed by atoms with E-state index >= 15 is 0 Å². The summed E-state index contributed by atoms with van der Waals surface area (Å²) in [5, 5.41) is 1.04. The first-order chi connectivity index (χ1) is 12.2. The van der Waals surface area contributed by atoms with Crippen LogP contribution in [0, 0.1) is 17.8 Å². The standard InChI is InChI=1S/C19H26O6S/c1-5-24-18(20)17(19(21)25-6-2)16(14(3)4)12-13-26(22,23)15-10-8-7-9-11-15/h7-14,16-17H,5-6H2,1-4H3/b13-12+. The average molecular weight is 382 g/mol. The number of esters is 2. The molecule has 0 saturated heterocycles. The fourth-order valence-corrected chi connectivity index (χ4v) is 3.56. The van der Waals surface area contributed by atoms with Gasteiger partial charge in [-0.2, -0.15) is 0 Å². The molecular weight excluding hydrogens is 356 g/mol. The molecule has 0 radical (unpaired) electrons. The molecule has 0 N–H and O–H groups in total. The lowest BCUT2D eigenvalue weighted by Gasteiger charge is -2.24. The zero-order chi connectivity index (χ0) is 19.7. The van der Waals surface area contributed by atoms with Crippen molar-refractivity contribution in [2.24, 2.45) is 17.8 Å². The topological polar surface area (TPSA) is 86.7 Å². The minimum absolute atomic E-state index is 0.117. The maximum atomic E-state index is 12.5. The Kier molecular flexibility index (Phi) is 8.51. The maximum Gasteiger partial charge on any atom is 0.320 e. The van der Waals surface area contributed by atoms with E-state index in [9.17, 15) is 18.0 Å². The number of rotatable bonds is 9. The van der Waals surface area contributed by atoms with Gasteiger partial charge in [0.1, 0.15) is 0 Å². The van der Waals surface area contributed by atoms with Gasteiger partial charge >= 0.3 is 11.9 Å². The van der Waals surface area contributed by atoms with Crippen LogP contribution in [0.3, 0.4) is 0 Å². The molecule has 1 aromatic rings. The average Bonchev–Trinajstić information content (AvgIpc) is 2.59. The zero-order valence-corrected chi connectivity index (χ0v) is 16.4. The molecule has 6 nitrogen and oxygen atoms in total. The Morgan fingerprint density at radius 1 is 1.00 bits per heavy atom. The van der Waals surface area contributed by atoms with Crippen molar-refractivity contribution in [3.8, 4) is 0 Å². The Hall–Kier alpha value is -2.15. The highest BCUT2D eigenvalue weighted by Gasteiger charge is 2.38. The monoisotopic (exact) mass is 382 g/mol. The van der Waals surface area contributed by atoms with Gasteiger partial charge in [-0.3, -0.25) is 9.59 Å². The molecule has 0 aliphatic rings. The molecule has 0 spiro atoms. The van der Waals surface area contributed by atoms with Crippen LogP contribution in [0.2, 0.25) is 0 Å². The third-order valence-electron chi connectivity index (χ3n) is 3.79. The van der Waals surface area contributed by atoms with Crippen LogP contribution in [0.1, 0.15) is 27.7 Å². The predicted molar refractivity (Wildman–Crippen MR) is 97.9 cm³/mol. The van der Waals surface area contributed by atoms with Crippen molar-refractivity contribution in [3.05, 3.63) is 41.8 Å². The number of ether oxygens (including phenoxy) is 2. The van der Waals surface area contributed by atoms with E-state index in [-0.39, 0.29) is 24.0 Å². The van der Waals surface area contributed by atoms with Crippen molar-refractivity contribution in [1.29, 1.82) is 0 Å². The van der Waals surface area contributed by atoms with Crippen molar-refractivity contribution in [3.63, 3.8) is 0 Å². The van der Waals surface area contributed by atoms with Crippen molar-refractivity contribution in [1.82, 2.24) is 0 Å². The van der Waals surface area contributed by atoms with Crippen LogP contribution in [0.4, 0.5) is 0 Å². The van der Waals surface area contributed by atoms with Gasteiger partial charge < -0.3 is 9.47 Å². The van der Waals surface area contributed by atoms with Gasteiger partial charge in [0.25, 0.3) is 0 Å². The molecule has 26 heavy (non-hydrogen) atoms. The number of carbonyl (C=O) groups is 2. The molecule has 0 heterocycles. The van der Waals surface area contributed by atoms with Crippen LogP contribution in [0.15, 0.2) is 46.7 Å². The fourth-order valence-electron chi connectivity index (χ4n) is 2.48. The zero-order valence-electron chi connectivity index (χ0n) is 15.5. The van der Waals surface area contributed by atoms with Gasteiger partial charge in [-0.25, -0.2) is 8.42 Å². The molecule has 1 aromatic carbocycles. The molecule has 1 atom stereocenters. The van der Waals surface area contributed by atoms with E-state index in [1.807, 2.05) is 0 Å². The molecule has 7 heteroatoms. The van der Waals surface area contributed by atoms with Crippen LogP contribution in [-0.2, 0) is 28.9 Å². The first-order valence-electron chi connectivity index (χ1n) is 8.56. The number of carbonyl (C=O) groups excluding carboxylic acids is 2. The number of sulfone groups is 1. The van der Waals surface area contributed by atoms with Crippen LogP contribution in [0.25, 0.3) is 0 Å². The van der Waals surface area contributed by atoms with E-state index in [0.717, 1.165) is 5.41 Å². The summed E-state index contributed by atoms with van der Waals surface area (Å²) in [6.45, 7) is 7.11. The Balaban J connectivity index is 3.21. The number of hydrogen-bond donors (Lipinski definition) is 0. The lowest BCUT2D eigenvalue weighted by atomic mass is 9.83. The van der Waals surface area contributed by atoms with Gasteiger partial charge in [-0.1, -0.05) is 38.1 Å². The Morgan fingerprint density at radius 3 is 1.92 bits per heavy atom. The molecule has 0 bridgehead atoms. The molecular formula is C19H26O6S. The maximum absolute atomic E-state index is 12.5. The molecule has 144 valence electrons. The van der Waals surface area contributed by atoms with Gasteiger partial charge in [-0.05, 0) is 31.9 Å². The Labute approximate surface area is 155 Å². The summed E-state index contributed by atoms with van der Waals surface area (Å²) in [7, 11) is -3.68. The highest BCUT2D eigenvalue weighted by atomic mass is 32.2. The normalized spacial score (nSPS) is 13.2. The second-order valence-electron chi connectivity index (χ2n) is 5.99. The van der Waals surface area contributed by atoms with Crippen molar-refractivity contribution in [2.45, 2.75) is 32.6 Å². The summed E-state index contributed by atoms with van der Waals surface area (Å²) >= 11 is 0. The summed E-state index contributed by atoms with van der Waals surface area (Å²) in [5.41, 5.74) is 0. The lowest BCUT2D eigenvalue weighted by molar-refractivity contribution is -0.164. The van der Waals surface area contributed by atoms with Crippen LogP contribution < -0.4 is 0 Å². The van der Waals surface area contributed by atoms with Crippen molar-refractivity contribution < 1.29 is 27.5 Å². The fraction of sp³-hybridized carbons (Fsp3) is 0.474. The molecule has 0 aromatic heterocycles. The largest absolute Gasteiger partial charge is 0.465 e. The van der Waals surface area contributed by atoms with Crippen LogP contribution in [0.5, 0.6) is 0 Å². The molecule has 0 aliphatic heterocycles. The Morgan fingerprint density at radius 2 is 1.50 bits per heavy atom. The van der Waals surface area contributed by atoms with E-state index in [1.54, 1.807) is 45.9 Å². The summed E-state index contributed by atoms with van der Waals surface area (Å²) < 4.78 is 34.9. The van der Waals surface area contributed by atoms with E-state index in [2.05, 4.69) is 0 Å².